The van der Waals surface area contributed by atoms with Crippen LogP contribution in [-0.2, 0) is 9.68 Å². The van der Waals surface area contributed by atoms with Gasteiger partial charge in [-0.25, -0.2) is 25.8 Å². The second-order valence-electron chi connectivity index (χ2n) is 12.3. The van der Waals surface area contributed by atoms with E-state index in [9.17, 15) is 14.4 Å². The molecular weight excluding hydrogens is 723 g/mol. The first-order chi connectivity index (χ1) is 25.5. The summed E-state index contributed by atoms with van der Waals surface area (Å²) in [5, 5.41) is 6.07. The number of hydrogen-bond acceptors (Lipinski definition) is 13. The van der Waals surface area contributed by atoms with E-state index in [1.807, 2.05) is 38.0 Å². The molecule has 0 amide bonds. The molecule has 4 aromatic heterocycles. The third-order valence-corrected chi connectivity index (χ3v) is 8.51. The van der Waals surface area contributed by atoms with Crippen molar-refractivity contribution < 1.29 is 14.5 Å². The molecule has 0 radical (unpaired) electrons. The number of oxime groups is 1. The minimum atomic E-state index is -0.313. The van der Waals surface area contributed by atoms with Crippen LogP contribution in [-0.4, -0.2) is 105 Å². The van der Waals surface area contributed by atoms with E-state index in [4.69, 9.17) is 33.9 Å². The summed E-state index contributed by atoms with van der Waals surface area (Å²) in [5.41, 5.74) is 2.93. The van der Waals surface area contributed by atoms with Gasteiger partial charge in [-0.3, -0.25) is 23.5 Å². The number of likely N-dealkylation sites (N-methyl/N-ethyl adjacent to an activating group) is 2. The number of hydrogen-bond donors (Lipinski definition) is 1. The summed E-state index contributed by atoms with van der Waals surface area (Å²) in [6.45, 7) is 2.63. The average Bonchev–Trinajstić information content (AvgIpc) is 3.60. The molecule has 17 heteroatoms. The van der Waals surface area contributed by atoms with Crippen molar-refractivity contribution in [3.63, 3.8) is 0 Å². The monoisotopic (exact) mass is 756 g/mol. The van der Waals surface area contributed by atoms with Gasteiger partial charge >= 0.3 is 0 Å². The van der Waals surface area contributed by atoms with Crippen LogP contribution in [0, 0.1) is 0 Å². The molecule has 0 unspecified atom stereocenters. The van der Waals surface area contributed by atoms with Crippen LogP contribution in [0.2, 0.25) is 10.0 Å². The summed E-state index contributed by atoms with van der Waals surface area (Å²) < 4.78 is 2.85. The normalized spacial score (nSPS) is 13.0. The smallest absolute Gasteiger partial charge is 0.267 e. The van der Waals surface area contributed by atoms with Gasteiger partial charge in [-0.2, -0.15) is 0 Å². The summed E-state index contributed by atoms with van der Waals surface area (Å²) in [5.74, 6) is 4.93. The first-order valence-electron chi connectivity index (χ1n) is 16.2. The predicted molar refractivity (Wildman–Crippen MR) is 203 cm³/mol. The van der Waals surface area contributed by atoms with E-state index in [1.165, 1.54) is 15.3 Å². The van der Waals surface area contributed by atoms with Gasteiger partial charge < -0.3 is 19.5 Å². The summed E-state index contributed by atoms with van der Waals surface area (Å²) in [6.07, 6.45) is 3.14. The van der Waals surface area contributed by atoms with Crippen molar-refractivity contribution >= 4 is 56.8 Å². The maximum absolute atomic E-state index is 13.0. The third-order valence-electron chi connectivity index (χ3n) is 8.04. The Bertz CT molecular complexity index is 2500. The number of halogens is 2. The van der Waals surface area contributed by atoms with Crippen LogP contribution in [0.1, 0.15) is 27.6 Å². The topological polar surface area (TPSA) is 176 Å². The summed E-state index contributed by atoms with van der Waals surface area (Å²) >= 11 is 12.1. The number of nitrogens with zero attached hydrogens (tertiary/aromatic N) is 9. The van der Waals surface area contributed by atoms with Crippen molar-refractivity contribution in [2.24, 2.45) is 11.1 Å². The highest BCUT2D eigenvalue weighted by atomic mass is 35.5. The summed E-state index contributed by atoms with van der Waals surface area (Å²) in [7, 11) is 7.85. The Morgan fingerprint density at radius 3 is 1.77 bits per heavy atom. The van der Waals surface area contributed by atoms with Crippen LogP contribution in [0.5, 0.6) is 0 Å². The zero-order valence-electron chi connectivity index (χ0n) is 29.2. The molecule has 0 aliphatic carbocycles. The molecule has 272 valence electrons. The number of rotatable bonds is 7. The van der Waals surface area contributed by atoms with Gasteiger partial charge in [-0.1, -0.05) is 28.4 Å². The Hall–Kier alpha value is -5.42. The first kappa shape index (κ1) is 37.3. The lowest BCUT2D eigenvalue weighted by atomic mass is 10.1. The lowest BCUT2D eigenvalue weighted by Gasteiger charge is -2.08. The zero-order chi connectivity index (χ0) is 37.8. The highest BCUT2D eigenvalue weighted by molar-refractivity contribution is 6.32. The van der Waals surface area contributed by atoms with Gasteiger partial charge in [0.2, 0.25) is 5.78 Å². The van der Waals surface area contributed by atoms with Crippen LogP contribution >= 0.6 is 23.2 Å². The van der Waals surface area contributed by atoms with Gasteiger partial charge in [0.25, 0.3) is 11.1 Å². The fourth-order valence-electron chi connectivity index (χ4n) is 5.48. The molecule has 0 bridgehead atoms. The molecule has 0 spiro atoms. The van der Waals surface area contributed by atoms with E-state index in [2.05, 4.69) is 29.9 Å². The van der Waals surface area contributed by atoms with Crippen molar-refractivity contribution in [3.8, 4) is 11.4 Å². The lowest BCUT2D eigenvalue weighted by molar-refractivity contribution is 0.103. The molecule has 0 saturated carbocycles. The van der Waals surface area contributed by atoms with Gasteiger partial charge in [0, 0.05) is 41.1 Å². The number of ketones is 1. The molecular formula is C36H34Cl2N10O5. The molecule has 6 heterocycles. The fourth-order valence-corrected chi connectivity index (χ4v) is 5.82. The second-order valence-corrected chi connectivity index (χ2v) is 13.2. The molecule has 0 saturated heterocycles. The molecule has 2 aliphatic rings. The fraction of sp³-hybridized carbons (Fsp3) is 0.222. The number of nitrogens with two attached hydrogens (primary N) is 1. The molecule has 15 nitrogen and oxygen atoms in total. The molecule has 8 rings (SSSR count). The van der Waals surface area contributed by atoms with Gasteiger partial charge in [-0.05, 0) is 88.9 Å². The van der Waals surface area contributed by atoms with E-state index in [1.54, 1.807) is 66.9 Å². The molecule has 6 aromatic rings. The summed E-state index contributed by atoms with van der Waals surface area (Å²) in [4.78, 5) is 68.6. The minimum Gasteiger partial charge on any atom is -0.394 e. The van der Waals surface area contributed by atoms with E-state index in [0.717, 1.165) is 13.1 Å². The first-order valence-corrected chi connectivity index (χ1v) is 17.0. The molecule has 0 fully saturated rings. The van der Waals surface area contributed by atoms with Gasteiger partial charge in [0.05, 0.1) is 34.3 Å². The number of aromatic nitrogens is 6. The molecule has 2 aromatic carbocycles. The van der Waals surface area contributed by atoms with Gasteiger partial charge in [0.15, 0.2) is 28.7 Å². The number of fused-ring (bicyclic) bond motifs is 8. The van der Waals surface area contributed by atoms with Gasteiger partial charge in [0.1, 0.15) is 6.61 Å². The van der Waals surface area contributed by atoms with Crippen LogP contribution in [0.4, 0.5) is 0 Å². The zero-order valence-corrected chi connectivity index (χ0v) is 30.7. The maximum atomic E-state index is 13.0. The Balaban J connectivity index is 0.000000158. The van der Waals surface area contributed by atoms with E-state index < -0.39 is 0 Å². The average molecular weight is 758 g/mol. The molecule has 0 atom stereocenters. The van der Waals surface area contributed by atoms with E-state index >= 15 is 0 Å². The van der Waals surface area contributed by atoms with Crippen LogP contribution < -0.4 is 17.0 Å². The third kappa shape index (κ3) is 7.71. The van der Waals surface area contributed by atoms with Crippen LogP contribution in [0.15, 0.2) is 87.8 Å². The number of benzene rings is 2. The van der Waals surface area contributed by atoms with Crippen LogP contribution in [0.3, 0.4) is 0 Å². The molecule has 2 N–H and O–H groups in total. The highest BCUT2D eigenvalue weighted by Crippen LogP contribution is 2.30. The molecule has 2 aliphatic heterocycles. The lowest BCUT2D eigenvalue weighted by Crippen LogP contribution is -2.22. The highest BCUT2D eigenvalue weighted by Gasteiger charge is 2.31. The van der Waals surface area contributed by atoms with Crippen LogP contribution in [0.25, 0.3) is 33.4 Å². The molecule has 53 heavy (non-hydrogen) atoms. The number of carbonyl (C=O) groups excluding carboxylic acids is 1. The standard InChI is InChI=1S/C18H16ClN5O2.C14H6ClN3O2.C4H12N2O/c1-23(2)8-9-26-22-15-13-10-11(19)5-6-14(13)24-17(15)21-16-12(18(24)25)4-3-7-20-16;15-7-3-4-10-9(6-7)11(19)13-17-12-8(2-1-5-16-12)14(20)18(10)13;1-6(2)3-4-7-5/h3-7,10H,8-9H2,1-2H3;1-6H;3-5H2,1-2H3. The number of pyridine rings is 2. The Labute approximate surface area is 312 Å². The SMILES string of the molecule is CN(C)CCON.CN(C)CCON=C1c2cc(Cl)ccc2-n2c1nc1ncccc1c2=O.O=C1c2cc(Cl)ccc2-n2c1nc1ncccc1c2=O. The Kier molecular flexibility index (Phi) is 11.3. The Morgan fingerprint density at radius 2 is 1.23 bits per heavy atom. The largest absolute Gasteiger partial charge is 0.394 e. The second kappa shape index (κ2) is 16.1. The summed E-state index contributed by atoms with van der Waals surface area (Å²) in [6, 6.07) is 16.9. The van der Waals surface area contributed by atoms with E-state index in [0.29, 0.717) is 73.7 Å². The Morgan fingerprint density at radius 1 is 0.717 bits per heavy atom. The van der Waals surface area contributed by atoms with Crippen molar-refractivity contribution in [3.05, 3.63) is 127 Å². The van der Waals surface area contributed by atoms with Crippen molar-refractivity contribution in [2.45, 2.75) is 0 Å². The maximum Gasteiger partial charge on any atom is 0.267 e. The quantitative estimate of drug-likeness (QED) is 0.185. The van der Waals surface area contributed by atoms with Gasteiger partial charge in [-0.15, -0.1) is 0 Å². The van der Waals surface area contributed by atoms with E-state index in [-0.39, 0.29) is 28.4 Å². The minimum absolute atomic E-state index is 0.0819. The number of carbonyl (C=O) groups is 1. The predicted octanol–water partition coefficient (Wildman–Crippen LogP) is 3.49. The van der Waals surface area contributed by atoms with Crippen molar-refractivity contribution in [2.75, 3.05) is 54.5 Å². The van der Waals surface area contributed by atoms with Crippen molar-refractivity contribution in [1.82, 2.24) is 38.9 Å². The van der Waals surface area contributed by atoms with Crippen molar-refractivity contribution in [1.29, 1.82) is 0 Å².